The average Bonchev–Trinajstić information content (AvgIpc) is 2.58. The van der Waals surface area contributed by atoms with Crippen LogP contribution in [0.15, 0.2) is 17.0 Å². The summed E-state index contributed by atoms with van der Waals surface area (Å²) in [5.41, 5.74) is -1.28. The largest absolute Gasteiger partial charge is 0.490 e. The third-order valence-electron chi connectivity index (χ3n) is 4.20. The molecule has 1 fully saturated rings. The van der Waals surface area contributed by atoms with Crippen LogP contribution in [0.4, 0.5) is 13.2 Å². The molecule has 5 nitrogen and oxygen atoms in total. The lowest BCUT2D eigenvalue weighted by Crippen LogP contribution is -2.37. The summed E-state index contributed by atoms with van der Waals surface area (Å²) < 4.78 is 70.8. The van der Waals surface area contributed by atoms with Crippen LogP contribution in [-0.2, 0) is 9.84 Å². The molecular weight excluding hydrogens is 337 g/mol. The Morgan fingerprint density at radius 2 is 1.83 bits per heavy atom. The van der Waals surface area contributed by atoms with Crippen molar-refractivity contribution in [3.05, 3.63) is 23.3 Å². The summed E-state index contributed by atoms with van der Waals surface area (Å²) in [7, 11) is -3.94. The predicted molar refractivity (Wildman–Crippen MR) is 73.0 cm³/mol. The molecule has 128 valence electrons. The van der Waals surface area contributed by atoms with Gasteiger partial charge in [0.25, 0.3) is 0 Å². The molecule has 0 unspecified atom stereocenters. The zero-order valence-corrected chi connectivity index (χ0v) is 12.9. The maximum absolute atomic E-state index is 14.2. The quantitative estimate of drug-likeness (QED) is 0.865. The van der Waals surface area contributed by atoms with Gasteiger partial charge in [-0.2, -0.15) is 8.78 Å². The minimum absolute atomic E-state index is 0.229. The molecule has 3 rings (SSSR count). The Morgan fingerprint density at radius 1 is 1.22 bits per heavy atom. The van der Waals surface area contributed by atoms with Crippen LogP contribution >= 0.6 is 0 Å². The van der Waals surface area contributed by atoms with E-state index in [2.05, 4.69) is 0 Å². The van der Waals surface area contributed by atoms with Gasteiger partial charge < -0.3 is 14.9 Å². The maximum Gasteiger partial charge on any atom is 0.312 e. The van der Waals surface area contributed by atoms with Gasteiger partial charge in [0.05, 0.1) is 11.0 Å². The van der Waals surface area contributed by atoms with Gasteiger partial charge >= 0.3 is 5.92 Å². The third-order valence-corrected chi connectivity index (χ3v) is 5.35. The summed E-state index contributed by atoms with van der Waals surface area (Å²) in [6.45, 7) is 0. The Morgan fingerprint density at radius 3 is 2.35 bits per heavy atom. The highest BCUT2D eigenvalue weighted by Crippen LogP contribution is 2.57. The van der Waals surface area contributed by atoms with Crippen molar-refractivity contribution >= 4 is 9.84 Å². The molecule has 0 aliphatic heterocycles. The first-order valence-corrected chi connectivity index (χ1v) is 8.84. The van der Waals surface area contributed by atoms with Crippen LogP contribution in [-0.4, -0.2) is 43.0 Å². The smallest absolute Gasteiger partial charge is 0.312 e. The topological polar surface area (TPSA) is 83.8 Å². The molecule has 0 saturated heterocycles. The van der Waals surface area contributed by atoms with Gasteiger partial charge in [-0.15, -0.1) is 0 Å². The van der Waals surface area contributed by atoms with E-state index in [1.165, 1.54) is 0 Å². The van der Waals surface area contributed by atoms with Crippen LogP contribution in [0.25, 0.3) is 0 Å². The van der Waals surface area contributed by atoms with E-state index in [-0.39, 0.29) is 18.6 Å². The van der Waals surface area contributed by atoms with Gasteiger partial charge in [-0.1, -0.05) is 0 Å². The van der Waals surface area contributed by atoms with Crippen molar-refractivity contribution in [2.24, 2.45) is 0 Å². The van der Waals surface area contributed by atoms with Crippen LogP contribution < -0.4 is 4.74 Å². The van der Waals surface area contributed by atoms with Gasteiger partial charge in [-0.3, -0.25) is 0 Å². The number of benzene rings is 1. The summed E-state index contributed by atoms with van der Waals surface area (Å²) in [6.07, 6.45) is -5.10. The van der Waals surface area contributed by atoms with Crippen molar-refractivity contribution < 1.29 is 36.5 Å². The SMILES string of the molecule is CS(=O)(=O)c1ccc(O[C@H]2C[C@H](O)C2)c2c1[C@H](O)C(F)(F)[C@@H]2F. The van der Waals surface area contributed by atoms with Crippen LogP contribution in [0.5, 0.6) is 5.75 Å². The number of ether oxygens (including phenoxy) is 1. The lowest BCUT2D eigenvalue weighted by atomic mass is 9.92. The van der Waals surface area contributed by atoms with Crippen LogP contribution in [0, 0.1) is 0 Å². The number of aliphatic hydroxyl groups excluding tert-OH is 2. The highest BCUT2D eigenvalue weighted by Gasteiger charge is 2.59. The van der Waals surface area contributed by atoms with Crippen molar-refractivity contribution in [2.45, 2.75) is 48.1 Å². The van der Waals surface area contributed by atoms with Crippen LogP contribution in [0.3, 0.4) is 0 Å². The van der Waals surface area contributed by atoms with E-state index < -0.39 is 56.3 Å². The van der Waals surface area contributed by atoms with E-state index in [0.717, 1.165) is 18.4 Å². The molecule has 9 heteroatoms. The van der Waals surface area contributed by atoms with E-state index in [0.29, 0.717) is 0 Å². The zero-order chi connectivity index (χ0) is 17.2. The fourth-order valence-electron chi connectivity index (χ4n) is 2.90. The molecule has 23 heavy (non-hydrogen) atoms. The fourth-order valence-corrected chi connectivity index (χ4v) is 3.84. The Kier molecular flexibility index (Phi) is 3.66. The van der Waals surface area contributed by atoms with E-state index in [4.69, 9.17) is 4.74 Å². The number of aliphatic hydroxyl groups is 2. The van der Waals surface area contributed by atoms with Crippen molar-refractivity contribution in [1.82, 2.24) is 0 Å². The summed E-state index contributed by atoms with van der Waals surface area (Å²) in [5.74, 6) is -4.37. The molecule has 1 saturated carbocycles. The van der Waals surface area contributed by atoms with Gasteiger partial charge in [0.2, 0.25) is 0 Å². The maximum atomic E-state index is 14.2. The highest BCUT2D eigenvalue weighted by molar-refractivity contribution is 7.90. The second-order valence-electron chi connectivity index (χ2n) is 5.97. The van der Waals surface area contributed by atoms with Gasteiger partial charge in [-0.25, -0.2) is 12.8 Å². The lowest BCUT2D eigenvalue weighted by molar-refractivity contribution is -0.144. The Balaban J connectivity index is 2.12. The second kappa shape index (κ2) is 5.09. The molecular formula is C14H15F3O5S. The van der Waals surface area contributed by atoms with Crippen molar-refractivity contribution in [1.29, 1.82) is 0 Å². The average molecular weight is 352 g/mol. The first-order chi connectivity index (χ1) is 10.5. The van der Waals surface area contributed by atoms with Gasteiger partial charge in [0, 0.05) is 30.2 Å². The molecule has 2 N–H and O–H groups in total. The zero-order valence-electron chi connectivity index (χ0n) is 12.0. The number of fused-ring (bicyclic) bond motifs is 1. The highest BCUT2D eigenvalue weighted by atomic mass is 32.2. The minimum Gasteiger partial charge on any atom is -0.490 e. The normalized spacial score (nSPS) is 32.3. The van der Waals surface area contributed by atoms with E-state index in [9.17, 15) is 31.8 Å². The van der Waals surface area contributed by atoms with Crippen molar-refractivity contribution in [3.8, 4) is 5.75 Å². The van der Waals surface area contributed by atoms with Crippen LogP contribution in [0.2, 0.25) is 0 Å². The fraction of sp³-hybridized carbons (Fsp3) is 0.571. The standard InChI is InChI=1S/C14H15F3O5S/c1-23(20,21)9-3-2-8(22-7-4-6(18)5-7)10-11(9)13(19)14(16,17)12(10)15/h2-3,6-7,12-13,18-19H,4-5H2,1H3/t6-,7-,12-,13+/m1/s1. The van der Waals surface area contributed by atoms with Gasteiger partial charge in [0.15, 0.2) is 16.0 Å². The summed E-state index contributed by atoms with van der Waals surface area (Å²) in [5, 5.41) is 19.0. The first-order valence-electron chi connectivity index (χ1n) is 6.95. The van der Waals surface area contributed by atoms with Crippen molar-refractivity contribution in [3.63, 3.8) is 0 Å². The lowest BCUT2D eigenvalue weighted by Gasteiger charge is -2.32. The molecule has 2 atom stereocenters. The minimum atomic E-state index is -4.14. The molecule has 0 radical (unpaired) electrons. The number of alkyl halides is 3. The predicted octanol–water partition coefficient (Wildman–Crippen LogP) is 1.69. The number of hydrogen-bond donors (Lipinski definition) is 2. The molecule has 2 aliphatic carbocycles. The molecule has 1 aromatic carbocycles. The van der Waals surface area contributed by atoms with E-state index in [1.807, 2.05) is 0 Å². The molecule has 0 spiro atoms. The third kappa shape index (κ3) is 2.50. The van der Waals surface area contributed by atoms with Gasteiger partial charge in [-0.05, 0) is 12.1 Å². The summed E-state index contributed by atoms with van der Waals surface area (Å²) >= 11 is 0. The number of hydrogen-bond acceptors (Lipinski definition) is 5. The second-order valence-corrected chi connectivity index (χ2v) is 7.95. The van der Waals surface area contributed by atoms with E-state index >= 15 is 0 Å². The molecule has 0 amide bonds. The Hall–Kier alpha value is -1.32. The molecule has 1 aromatic rings. The summed E-state index contributed by atoms with van der Waals surface area (Å²) in [4.78, 5) is -0.541. The first kappa shape index (κ1) is 16.5. The number of sulfone groups is 1. The number of rotatable bonds is 3. The molecule has 2 aliphatic rings. The monoisotopic (exact) mass is 352 g/mol. The van der Waals surface area contributed by atoms with Crippen LogP contribution in [0.1, 0.15) is 36.2 Å². The summed E-state index contributed by atoms with van der Waals surface area (Å²) in [6, 6.07) is 2.14. The van der Waals surface area contributed by atoms with Gasteiger partial charge in [0.1, 0.15) is 18.0 Å². The number of halogens is 3. The Labute approximate surface area is 130 Å². The van der Waals surface area contributed by atoms with Crippen molar-refractivity contribution in [2.75, 3.05) is 6.26 Å². The van der Waals surface area contributed by atoms with E-state index in [1.54, 1.807) is 0 Å². The Bertz CT molecular complexity index is 743. The molecule has 0 aromatic heterocycles. The molecule has 0 bridgehead atoms. The molecule has 0 heterocycles.